The maximum Gasteiger partial charge on any atom is 0.315 e. The summed E-state index contributed by atoms with van der Waals surface area (Å²) in [5.74, 6) is 0. The standard InChI is InChI=1S/C14H23N3O2/c1-4-12(10-18)16-14(19)15-9-11-5-7-13(8-6-11)17(2)3/h5-8,12,18H,4,9-10H2,1-3H3,(H2,15,16,19). The summed E-state index contributed by atoms with van der Waals surface area (Å²) in [5.41, 5.74) is 2.16. The third kappa shape index (κ3) is 5.18. The van der Waals surface area contributed by atoms with E-state index < -0.39 is 0 Å². The van der Waals surface area contributed by atoms with Gasteiger partial charge in [-0.15, -0.1) is 0 Å². The molecule has 0 fully saturated rings. The number of carbonyl (C=O) groups is 1. The summed E-state index contributed by atoms with van der Waals surface area (Å²) in [6, 6.07) is 7.56. The highest BCUT2D eigenvalue weighted by Gasteiger charge is 2.08. The second kappa shape index (κ2) is 7.63. The van der Waals surface area contributed by atoms with E-state index in [0.717, 1.165) is 11.3 Å². The molecule has 0 aromatic heterocycles. The lowest BCUT2D eigenvalue weighted by Crippen LogP contribution is -2.43. The van der Waals surface area contributed by atoms with Crippen molar-refractivity contribution in [1.82, 2.24) is 10.6 Å². The Labute approximate surface area is 114 Å². The highest BCUT2D eigenvalue weighted by atomic mass is 16.3. The molecule has 0 spiro atoms. The van der Waals surface area contributed by atoms with Crippen LogP contribution in [0.5, 0.6) is 0 Å². The SMILES string of the molecule is CCC(CO)NC(=O)NCc1ccc(N(C)C)cc1. The minimum Gasteiger partial charge on any atom is -0.394 e. The largest absolute Gasteiger partial charge is 0.394 e. The summed E-state index contributed by atoms with van der Waals surface area (Å²) >= 11 is 0. The molecule has 1 rings (SSSR count). The third-order valence-electron chi connectivity index (χ3n) is 2.95. The van der Waals surface area contributed by atoms with Gasteiger partial charge in [0, 0.05) is 26.3 Å². The van der Waals surface area contributed by atoms with Gasteiger partial charge in [-0.3, -0.25) is 0 Å². The molecule has 1 unspecified atom stereocenters. The molecule has 0 aliphatic heterocycles. The summed E-state index contributed by atoms with van der Waals surface area (Å²) in [6.45, 7) is 2.35. The smallest absolute Gasteiger partial charge is 0.315 e. The van der Waals surface area contributed by atoms with E-state index in [-0.39, 0.29) is 18.7 Å². The van der Waals surface area contributed by atoms with Crippen molar-refractivity contribution in [3.8, 4) is 0 Å². The Bertz CT molecular complexity index is 386. The van der Waals surface area contributed by atoms with Crippen molar-refractivity contribution in [1.29, 1.82) is 0 Å². The molecule has 5 heteroatoms. The number of urea groups is 1. The van der Waals surface area contributed by atoms with Crippen LogP contribution < -0.4 is 15.5 Å². The molecule has 19 heavy (non-hydrogen) atoms. The van der Waals surface area contributed by atoms with Gasteiger partial charge in [-0.2, -0.15) is 0 Å². The number of rotatable bonds is 6. The molecule has 0 aliphatic carbocycles. The molecule has 1 aromatic rings. The predicted molar refractivity (Wildman–Crippen MR) is 77.3 cm³/mol. The predicted octanol–water partition coefficient (Wildman–Crippen LogP) is 1.32. The number of nitrogens with one attached hydrogen (secondary N) is 2. The minimum atomic E-state index is -0.252. The molecular weight excluding hydrogens is 242 g/mol. The van der Waals surface area contributed by atoms with E-state index in [1.807, 2.05) is 50.2 Å². The number of carbonyl (C=O) groups excluding carboxylic acids is 1. The number of benzene rings is 1. The number of hydrogen-bond donors (Lipinski definition) is 3. The van der Waals surface area contributed by atoms with E-state index in [4.69, 9.17) is 5.11 Å². The zero-order valence-corrected chi connectivity index (χ0v) is 11.8. The highest BCUT2D eigenvalue weighted by Crippen LogP contribution is 2.11. The molecule has 2 amide bonds. The molecule has 0 saturated heterocycles. The van der Waals surface area contributed by atoms with Gasteiger partial charge in [0.15, 0.2) is 0 Å². The van der Waals surface area contributed by atoms with Crippen LogP contribution in [0.2, 0.25) is 0 Å². The van der Waals surface area contributed by atoms with Crippen molar-refractivity contribution >= 4 is 11.7 Å². The van der Waals surface area contributed by atoms with Gasteiger partial charge in [0.1, 0.15) is 0 Å². The summed E-state index contributed by atoms with van der Waals surface area (Å²) in [7, 11) is 3.97. The lowest BCUT2D eigenvalue weighted by atomic mass is 10.2. The molecule has 0 radical (unpaired) electrons. The molecule has 0 heterocycles. The topological polar surface area (TPSA) is 64.6 Å². The Balaban J connectivity index is 2.41. The van der Waals surface area contributed by atoms with Gasteiger partial charge in [0.05, 0.1) is 12.6 Å². The maximum absolute atomic E-state index is 11.6. The first kappa shape index (κ1) is 15.3. The number of anilines is 1. The molecule has 0 saturated carbocycles. The number of amides is 2. The number of nitrogens with zero attached hydrogens (tertiary/aromatic N) is 1. The fourth-order valence-corrected chi connectivity index (χ4v) is 1.61. The molecule has 1 atom stereocenters. The summed E-state index contributed by atoms with van der Waals surface area (Å²) in [6.07, 6.45) is 0.710. The molecule has 5 nitrogen and oxygen atoms in total. The van der Waals surface area contributed by atoms with Gasteiger partial charge in [0.25, 0.3) is 0 Å². The summed E-state index contributed by atoms with van der Waals surface area (Å²) < 4.78 is 0. The monoisotopic (exact) mass is 265 g/mol. The third-order valence-corrected chi connectivity index (χ3v) is 2.95. The van der Waals surface area contributed by atoms with Gasteiger partial charge in [-0.05, 0) is 24.1 Å². The maximum atomic E-state index is 11.6. The van der Waals surface area contributed by atoms with Crippen LogP contribution in [0.25, 0.3) is 0 Å². The minimum absolute atomic E-state index is 0.0402. The van der Waals surface area contributed by atoms with E-state index in [1.165, 1.54) is 0 Å². The van der Waals surface area contributed by atoms with Gasteiger partial charge < -0.3 is 20.6 Å². The summed E-state index contributed by atoms with van der Waals surface area (Å²) in [4.78, 5) is 13.6. The van der Waals surface area contributed by atoms with E-state index in [1.54, 1.807) is 0 Å². The number of hydrogen-bond acceptors (Lipinski definition) is 3. The molecule has 3 N–H and O–H groups in total. The Morgan fingerprint density at radius 1 is 1.32 bits per heavy atom. The Morgan fingerprint density at radius 2 is 1.95 bits per heavy atom. The van der Waals surface area contributed by atoms with Gasteiger partial charge in [-0.1, -0.05) is 19.1 Å². The first-order chi connectivity index (χ1) is 9.06. The second-order valence-electron chi connectivity index (χ2n) is 4.68. The summed E-state index contributed by atoms with van der Waals surface area (Å²) in [5, 5.41) is 14.5. The molecule has 0 aliphatic rings. The number of aliphatic hydroxyl groups excluding tert-OH is 1. The van der Waals surface area contributed by atoms with E-state index in [0.29, 0.717) is 13.0 Å². The van der Waals surface area contributed by atoms with Crippen LogP contribution in [-0.4, -0.2) is 37.9 Å². The average molecular weight is 265 g/mol. The second-order valence-corrected chi connectivity index (χ2v) is 4.68. The van der Waals surface area contributed by atoms with Gasteiger partial charge in [0.2, 0.25) is 0 Å². The Morgan fingerprint density at radius 3 is 2.42 bits per heavy atom. The van der Waals surface area contributed by atoms with Crippen LogP contribution in [0.4, 0.5) is 10.5 Å². The molecular formula is C14H23N3O2. The van der Waals surface area contributed by atoms with E-state index in [9.17, 15) is 4.79 Å². The fourth-order valence-electron chi connectivity index (χ4n) is 1.61. The van der Waals surface area contributed by atoms with Crippen LogP contribution in [0.15, 0.2) is 24.3 Å². The van der Waals surface area contributed by atoms with Crippen molar-refractivity contribution in [2.45, 2.75) is 25.9 Å². The molecule has 1 aromatic carbocycles. The van der Waals surface area contributed by atoms with Crippen molar-refractivity contribution in [3.05, 3.63) is 29.8 Å². The van der Waals surface area contributed by atoms with Crippen molar-refractivity contribution in [2.75, 3.05) is 25.6 Å². The molecule has 0 bridgehead atoms. The van der Waals surface area contributed by atoms with Crippen molar-refractivity contribution < 1.29 is 9.90 Å². The van der Waals surface area contributed by atoms with E-state index >= 15 is 0 Å². The first-order valence-corrected chi connectivity index (χ1v) is 6.48. The van der Waals surface area contributed by atoms with Crippen LogP contribution >= 0.6 is 0 Å². The Hall–Kier alpha value is -1.75. The zero-order valence-electron chi connectivity index (χ0n) is 11.8. The number of aliphatic hydroxyl groups is 1. The fraction of sp³-hybridized carbons (Fsp3) is 0.500. The molecule has 106 valence electrons. The normalized spacial score (nSPS) is 11.8. The van der Waals surface area contributed by atoms with Gasteiger partial charge >= 0.3 is 6.03 Å². The van der Waals surface area contributed by atoms with Crippen LogP contribution in [0, 0.1) is 0 Å². The van der Waals surface area contributed by atoms with Crippen LogP contribution in [0.1, 0.15) is 18.9 Å². The lowest BCUT2D eigenvalue weighted by Gasteiger charge is -2.15. The Kier molecular flexibility index (Phi) is 6.15. The first-order valence-electron chi connectivity index (χ1n) is 6.48. The van der Waals surface area contributed by atoms with Crippen LogP contribution in [0.3, 0.4) is 0 Å². The van der Waals surface area contributed by atoms with Crippen molar-refractivity contribution in [2.24, 2.45) is 0 Å². The highest BCUT2D eigenvalue weighted by molar-refractivity contribution is 5.74. The van der Waals surface area contributed by atoms with Gasteiger partial charge in [-0.25, -0.2) is 4.79 Å². The van der Waals surface area contributed by atoms with Crippen molar-refractivity contribution in [3.63, 3.8) is 0 Å². The zero-order chi connectivity index (χ0) is 14.3. The lowest BCUT2D eigenvalue weighted by molar-refractivity contribution is 0.214. The van der Waals surface area contributed by atoms with E-state index in [2.05, 4.69) is 10.6 Å². The average Bonchev–Trinajstić information content (AvgIpc) is 2.43. The quantitative estimate of drug-likeness (QED) is 0.727. The van der Waals surface area contributed by atoms with Crippen LogP contribution in [-0.2, 0) is 6.54 Å².